The lowest BCUT2D eigenvalue weighted by Crippen LogP contribution is -2.27. The Morgan fingerprint density at radius 1 is 1.55 bits per heavy atom. The summed E-state index contributed by atoms with van der Waals surface area (Å²) in [6.07, 6.45) is 6.70. The Kier molecular flexibility index (Phi) is 4.24. The first-order chi connectivity index (χ1) is 10.6. The highest BCUT2D eigenvalue weighted by Crippen LogP contribution is 2.31. The Balaban J connectivity index is 1.53. The SMILES string of the molecule is Cc1cc(NC(=O)CCN2CCCC2c2cnn(C)c2)no1. The smallest absolute Gasteiger partial charge is 0.226 e. The summed E-state index contributed by atoms with van der Waals surface area (Å²) in [4.78, 5) is 14.3. The summed E-state index contributed by atoms with van der Waals surface area (Å²) in [5, 5.41) is 10.8. The van der Waals surface area contributed by atoms with E-state index >= 15 is 0 Å². The maximum absolute atomic E-state index is 12.0. The average molecular weight is 303 g/mol. The molecule has 0 radical (unpaired) electrons. The van der Waals surface area contributed by atoms with Crippen molar-refractivity contribution in [1.29, 1.82) is 0 Å². The molecule has 22 heavy (non-hydrogen) atoms. The molecule has 1 saturated heterocycles. The van der Waals surface area contributed by atoms with Gasteiger partial charge in [0, 0.05) is 43.9 Å². The van der Waals surface area contributed by atoms with Crippen molar-refractivity contribution in [3.63, 3.8) is 0 Å². The van der Waals surface area contributed by atoms with Gasteiger partial charge < -0.3 is 9.84 Å². The quantitative estimate of drug-likeness (QED) is 0.912. The summed E-state index contributed by atoms with van der Waals surface area (Å²) in [5.74, 6) is 1.13. The Morgan fingerprint density at radius 3 is 3.09 bits per heavy atom. The van der Waals surface area contributed by atoms with Crippen molar-refractivity contribution in [1.82, 2.24) is 19.8 Å². The molecule has 1 amide bonds. The molecule has 1 fully saturated rings. The Labute approximate surface area is 129 Å². The average Bonchev–Trinajstić information content (AvgIpc) is 3.18. The van der Waals surface area contributed by atoms with Crippen molar-refractivity contribution in [2.24, 2.45) is 7.05 Å². The van der Waals surface area contributed by atoms with E-state index in [2.05, 4.69) is 26.7 Å². The molecule has 7 nitrogen and oxygen atoms in total. The van der Waals surface area contributed by atoms with Gasteiger partial charge >= 0.3 is 0 Å². The minimum atomic E-state index is -0.0369. The van der Waals surface area contributed by atoms with E-state index in [1.807, 2.05) is 17.9 Å². The van der Waals surface area contributed by atoms with E-state index in [-0.39, 0.29) is 5.91 Å². The first-order valence-electron chi connectivity index (χ1n) is 7.57. The van der Waals surface area contributed by atoms with Crippen molar-refractivity contribution in [3.05, 3.63) is 29.8 Å². The highest BCUT2D eigenvalue weighted by atomic mass is 16.5. The predicted molar refractivity (Wildman–Crippen MR) is 81.2 cm³/mol. The van der Waals surface area contributed by atoms with E-state index in [0.29, 0.717) is 24.0 Å². The molecule has 2 aromatic heterocycles. The van der Waals surface area contributed by atoms with Crippen LogP contribution >= 0.6 is 0 Å². The van der Waals surface area contributed by atoms with Gasteiger partial charge in [-0.05, 0) is 26.3 Å². The highest BCUT2D eigenvalue weighted by Gasteiger charge is 2.27. The number of aryl methyl sites for hydroxylation is 2. The molecule has 1 N–H and O–H groups in total. The summed E-state index contributed by atoms with van der Waals surface area (Å²) in [7, 11) is 1.93. The van der Waals surface area contributed by atoms with Crippen molar-refractivity contribution < 1.29 is 9.32 Å². The van der Waals surface area contributed by atoms with Crippen LogP contribution in [-0.2, 0) is 11.8 Å². The molecule has 0 aliphatic carbocycles. The number of carbonyl (C=O) groups is 1. The standard InChI is InChI=1S/C15H21N5O2/c1-11-8-14(18-22-11)17-15(21)5-7-20-6-3-4-13(20)12-9-16-19(2)10-12/h8-10,13H,3-7H2,1-2H3,(H,17,18,21). The van der Waals surface area contributed by atoms with Crippen LogP contribution in [-0.4, -0.2) is 38.8 Å². The second kappa shape index (κ2) is 6.31. The van der Waals surface area contributed by atoms with Gasteiger partial charge in [0.25, 0.3) is 0 Å². The topological polar surface area (TPSA) is 76.2 Å². The molecule has 7 heteroatoms. The van der Waals surface area contributed by atoms with Crippen molar-refractivity contribution in [2.45, 2.75) is 32.2 Å². The molecule has 1 aliphatic heterocycles. The first kappa shape index (κ1) is 14.8. The van der Waals surface area contributed by atoms with Crippen LogP contribution in [0.25, 0.3) is 0 Å². The number of amides is 1. The fraction of sp³-hybridized carbons (Fsp3) is 0.533. The van der Waals surface area contributed by atoms with E-state index in [4.69, 9.17) is 4.52 Å². The van der Waals surface area contributed by atoms with Gasteiger partial charge in [-0.1, -0.05) is 5.16 Å². The van der Waals surface area contributed by atoms with Crippen LogP contribution in [0.15, 0.2) is 23.0 Å². The molecule has 2 aromatic rings. The summed E-state index contributed by atoms with van der Waals surface area (Å²) in [6.45, 7) is 3.56. The molecule has 118 valence electrons. The van der Waals surface area contributed by atoms with Crippen molar-refractivity contribution >= 4 is 11.7 Å². The number of rotatable bonds is 5. The van der Waals surface area contributed by atoms with Gasteiger partial charge in [-0.25, -0.2) is 0 Å². The Morgan fingerprint density at radius 2 is 2.41 bits per heavy atom. The van der Waals surface area contributed by atoms with Crippen LogP contribution in [0.2, 0.25) is 0 Å². The highest BCUT2D eigenvalue weighted by molar-refractivity contribution is 5.89. The Hall–Kier alpha value is -2.15. The van der Waals surface area contributed by atoms with Crippen LogP contribution in [0.4, 0.5) is 5.82 Å². The second-order valence-corrected chi connectivity index (χ2v) is 5.76. The van der Waals surface area contributed by atoms with Crippen LogP contribution in [0.1, 0.15) is 36.6 Å². The summed E-state index contributed by atoms with van der Waals surface area (Å²) >= 11 is 0. The lowest BCUT2D eigenvalue weighted by atomic mass is 10.1. The lowest BCUT2D eigenvalue weighted by Gasteiger charge is -2.23. The monoisotopic (exact) mass is 303 g/mol. The molecule has 3 rings (SSSR count). The zero-order valence-electron chi connectivity index (χ0n) is 13.0. The number of anilines is 1. The molecule has 0 spiro atoms. The van der Waals surface area contributed by atoms with E-state index in [9.17, 15) is 4.79 Å². The fourth-order valence-electron chi connectivity index (χ4n) is 2.96. The third-order valence-electron chi connectivity index (χ3n) is 3.99. The van der Waals surface area contributed by atoms with E-state index in [1.54, 1.807) is 13.0 Å². The normalized spacial score (nSPS) is 18.7. The second-order valence-electron chi connectivity index (χ2n) is 5.76. The van der Waals surface area contributed by atoms with Crippen molar-refractivity contribution in [3.8, 4) is 0 Å². The molecule has 0 saturated carbocycles. The minimum absolute atomic E-state index is 0.0369. The van der Waals surface area contributed by atoms with Crippen molar-refractivity contribution in [2.75, 3.05) is 18.4 Å². The maximum Gasteiger partial charge on any atom is 0.226 e. The zero-order valence-corrected chi connectivity index (χ0v) is 13.0. The molecule has 1 unspecified atom stereocenters. The fourth-order valence-corrected chi connectivity index (χ4v) is 2.96. The third-order valence-corrected chi connectivity index (χ3v) is 3.99. The molecular weight excluding hydrogens is 282 g/mol. The largest absolute Gasteiger partial charge is 0.360 e. The van der Waals surface area contributed by atoms with E-state index in [0.717, 1.165) is 25.9 Å². The van der Waals surface area contributed by atoms with Gasteiger partial charge in [-0.2, -0.15) is 5.10 Å². The van der Waals surface area contributed by atoms with Crippen LogP contribution in [0.3, 0.4) is 0 Å². The van der Waals surface area contributed by atoms with E-state index < -0.39 is 0 Å². The van der Waals surface area contributed by atoms with Crippen LogP contribution in [0, 0.1) is 6.92 Å². The summed E-state index contributed by atoms with van der Waals surface area (Å²) < 4.78 is 6.76. The van der Waals surface area contributed by atoms with E-state index in [1.165, 1.54) is 5.56 Å². The van der Waals surface area contributed by atoms with Crippen LogP contribution in [0.5, 0.6) is 0 Å². The van der Waals surface area contributed by atoms with Gasteiger partial charge in [-0.15, -0.1) is 0 Å². The zero-order chi connectivity index (χ0) is 15.5. The number of nitrogens with zero attached hydrogens (tertiary/aromatic N) is 4. The van der Waals surface area contributed by atoms with Gasteiger partial charge in [-0.3, -0.25) is 14.4 Å². The molecule has 1 atom stereocenters. The minimum Gasteiger partial charge on any atom is -0.360 e. The number of hydrogen-bond donors (Lipinski definition) is 1. The van der Waals surface area contributed by atoms with Gasteiger partial charge in [0.2, 0.25) is 5.91 Å². The number of carbonyl (C=O) groups excluding carboxylic acids is 1. The summed E-state index contributed by atoms with van der Waals surface area (Å²) in [6, 6.07) is 2.09. The number of hydrogen-bond acceptors (Lipinski definition) is 5. The molecule has 3 heterocycles. The maximum atomic E-state index is 12.0. The molecule has 1 aliphatic rings. The van der Waals surface area contributed by atoms with Gasteiger partial charge in [0.15, 0.2) is 5.82 Å². The molecule has 0 aromatic carbocycles. The number of likely N-dealkylation sites (tertiary alicyclic amines) is 1. The van der Waals surface area contributed by atoms with Gasteiger partial charge in [0.05, 0.1) is 6.20 Å². The van der Waals surface area contributed by atoms with Gasteiger partial charge in [0.1, 0.15) is 5.76 Å². The molecule has 0 bridgehead atoms. The lowest BCUT2D eigenvalue weighted by molar-refractivity contribution is -0.116. The molecular formula is C15H21N5O2. The Bertz CT molecular complexity index is 648. The predicted octanol–water partition coefficient (Wildman–Crippen LogP) is 1.88. The van der Waals surface area contributed by atoms with Crippen LogP contribution < -0.4 is 5.32 Å². The third kappa shape index (κ3) is 3.36. The summed E-state index contributed by atoms with van der Waals surface area (Å²) in [5.41, 5.74) is 1.23. The number of aromatic nitrogens is 3. The first-order valence-corrected chi connectivity index (χ1v) is 7.57. The number of nitrogens with one attached hydrogen (secondary N) is 1.